The summed E-state index contributed by atoms with van der Waals surface area (Å²) in [6.07, 6.45) is 12.9. The molecule has 110 valence electrons. The molecule has 1 aromatic rings. The van der Waals surface area contributed by atoms with Crippen LogP contribution in [0.1, 0.15) is 57.3 Å². The molecule has 1 aromatic heterocycles. The van der Waals surface area contributed by atoms with Crippen LogP contribution in [-0.2, 0) is 6.54 Å². The van der Waals surface area contributed by atoms with Gasteiger partial charge in [0.1, 0.15) is 5.82 Å². The Balaban J connectivity index is 1.71. The zero-order valence-electron chi connectivity index (χ0n) is 12.8. The average molecular weight is 273 g/mol. The molecular formula is C17H27N3. The predicted octanol–water partition coefficient (Wildman–Crippen LogP) is 3.38. The predicted molar refractivity (Wildman–Crippen MR) is 80.3 cm³/mol. The molecule has 4 bridgehead atoms. The van der Waals surface area contributed by atoms with Crippen molar-refractivity contribution < 1.29 is 0 Å². The van der Waals surface area contributed by atoms with Crippen molar-refractivity contribution in [3.63, 3.8) is 0 Å². The molecule has 20 heavy (non-hydrogen) atoms. The highest BCUT2D eigenvalue weighted by atomic mass is 15.1. The van der Waals surface area contributed by atoms with Gasteiger partial charge in [-0.1, -0.05) is 0 Å². The van der Waals surface area contributed by atoms with Crippen LogP contribution in [0.3, 0.4) is 0 Å². The van der Waals surface area contributed by atoms with Gasteiger partial charge in [-0.15, -0.1) is 0 Å². The molecule has 4 saturated carbocycles. The highest BCUT2D eigenvalue weighted by Crippen LogP contribution is 2.63. The van der Waals surface area contributed by atoms with E-state index in [4.69, 9.17) is 4.98 Å². The summed E-state index contributed by atoms with van der Waals surface area (Å²) < 4.78 is 2.33. The normalized spacial score (nSPS) is 40.2. The third kappa shape index (κ3) is 1.78. The van der Waals surface area contributed by atoms with E-state index in [0.29, 0.717) is 11.5 Å². The average Bonchev–Trinajstić information content (AvgIpc) is 2.85. The Morgan fingerprint density at radius 3 is 2.35 bits per heavy atom. The number of imidazole rings is 1. The Morgan fingerprint density at radius 2 is 1.85 bits per heavy atom. The number of rotatable bonds is 4. The van der Waals surface area contributed by atoms with Gasteiger partial charge in [-0.2, -0.15) is 0 Å². The van der Waals surface area contributed by atoms with Gasteiger partial charge in [0, 0.05) is 18.9 Å². The summed E-state index contributed by atoms with van der Waals surface area (Å²) in [6, 6.07) is 0.450. The highest BCUT2D eigenvalue weighted by molar-refractivity contribution is 5.12. The molecule has 0 amide bonds. The number of nitrogens with one attached hydrogen (secondary N) is 1. The summed E-state index contributed by atoms with van der Waals surface area (Å²) in [6.45, 7) is 3.25. The summed E-state index contributed by atoms with van der Waals surface area (Å²) in [5.74, 6) is 4.28. The maximum Gasteiger partial charge on any atom is 0.126 e. The lowest BCUT2D eigenvalue weighted by molar-refractivity contribution is -0.0756. The maximum atomic E-state index is 4.72. The molecule has 4 aliphatic rings. The lowest BCUT2D eigenvalue weighted by Crippen LogP contribution is -2.52. The van der Waals surface area contributed by atoms with E-state index in [-0.39, 0.29) is 0 Å². The SMILES string of the molecule is CCn1ccnc1C(NC)C12CC3CC(CC(C3)C1)C2. The van der Waals surface area contributed by atoms with E-state index in [1.165, 1.54) is 44.3 Å². The van der Waals surface area contributed by atoms with Gasteiger partial charge in [-0.05, 0) is 75.7 Å². The summed E-state index contributed by atoms with van der Waals surface area (Å²) in [5.41, 5.74) is 0.488. The van der Waals surface area contributed by atoms with Crippen LogP contribution in [0.2, 0.25) is 0 Å². The van der Waals surface area contributed by atoms with Crippen molar-refractivity contribution in [2.45, 2.75) is 58.0 Å². The lowest BCUT2D eigenvalue weighted by atomic mass is 9.47. The van der Waals surface area contributed by atoms with E-state index < -0.39 is 0 Å². The van der Waals surface area contributed by atoms with Gasteiger partial charge < -0.3 is 9.88 Å². The Kier molecular flexibility index (Phi) is 2.95. The molecule has 3 nitrogen and oxygen atoms in total. The summed E-state index contributed by atoms with van der Waals surface area (Å²) in [5, 5.41) is 3.65. The minimum atomic E-state index is 0.450. The Hall–Kier alpha value is -0.830. The molecule has 4 aliphatic carbocycles. The smallest absolute Gasteiger partial charge is 0.126 e. The molecular weight excluding hydrogens is 246 g/mol. The number of hydrogen-bond donors (Lipinski definition) is 1. The van der Waals surface area contributed by atoms with Crippen LogP contribution >= 0.6 is 0 Å². The van der Waals surface area contributed by atoms with Crippen LogP contribution in [0.15, 0.2) is 12.4 Å². The van der Waals surface area contributed by atoms with E-state index in [1.54, 1.807) is 0 Å². The zero-order chi connectivity index (χ0) is 13.7. The third-order valence-corrected chi connectivity index (χ3v) is 6.33. The topological polar surface area (TPSA) is 29.9 Å². The second-order valence-corrected chi connectivity index (χ2v) is 7.57. The van der Waals surface area contributed by atoms with Gasteiger partial charge in [-0.25, -0.2) is 4.98 Å². The molecule has 1 unspecified atom stereocenters. The van der Waals surface area contributed by atoms with Gasteiger partial charge in [0.2, 0.25) is 0 Å². The van der Waals surface area contributed by atoms with Gasteiger partial charge >= 0.3 is 0 Å². The van der Waals surface area contributed by atoms with Crippen molar-refractivity contribution in [3.05, 3.63) is 18.2 Å². The molecule has 0 aromatic carbocycles. The Morgan fingerprint density at radius 1 is 1.25 bits per heavy atom. The molecule has 1 atom stereocenters. The van der Waals surface area contributed by atoms with Crippen molar-refractivity contribution in [1.29, 1.82) is 0 Å². The fourth-order valence-electron chi connectivity index (χ4n) is 6.09. The van der Waals surface area contributed by atoms with Crippen molar-refractivity contribution in [2.75, 3.05) is 7.05 Å². The van der Waals surface area contributed by atoms with Crippen LogP contribution in [0.5, 0.6) is 0 Å². The van der Waals surface area contributed by atoms with E-state index in [2.05, 4.69) is 30.1 Å². The minimum Gasteiger partial charge on any atom is -0.334 e. The van der Waals surface area contributed by atoms with Crippen LogP contribution in [-0.4, -0.2) is 16.6 Å². The molecule has 5 rings (SSSR count). The summed E-state index contributed by atoms with van der Waals surface area (Å²) in [4.78, 5) is 4.72. The van der Waals surface area contributed by atoms with Gasteiger partial charge in [-0.3, -0.25) is 0 Å². The van der Waals surface area contributed by atoms with E-state index in [9.17, 15) is 0 Å². The number of hydrogen-bond acceptors (Lipinski definition) is 2. The summed E-state index contributed by atoms with van der Waals surface area (Å²) in [7, 11) is 2.14. The first-order valence-corrected chi connectivity index (χ1v) is 8.42. The van der Waals surface area contributed by atoms with E-state index >= 15 is 0 Å². The fraction of sp³-hybridized carbons (Fsp3) is 0.824. The van der Waals surface area contributed by atoms with Crippen LogP contribution < -0.4 is 5.32 Å². The Labute approximate surface area is 122 Å². The first-order valence-electron chi connectivity index (χ1n) is 8.42. The molecule has 0 spiro atoms. The lowest BCUT2D eigenvalue weighted by Gasteiger charge is -2.59. The molecule has 1 heterocycles. The van der Waals surface area contributed by atoms with Gasteiger partial charge in [0.25, 0.3) is 0 Å². The van der Waals surface area contributed by atoms with Crippen molar-refractivity contribution >= 4 is 0 Å². The van der Waals surface area contributed by atoms with Crippen LogP contribution in [0.25, 0.3) is 0 Å². The van der Waals surface area contributed by atoms with Crippen molar-refractivity contribution in [1.82, 2.24) is 14.9 Å². The van der Waals surface area contributed by atoms with E-state index in [0.717, 1.165) is 24.3 Å². The molecule has 0 aliphatic heterocycles. The van der Waals surface area contributed by atoms with Gasteiger partial charge in [0.05, 0.1) is 6.04 Å². The minimum absolute atomic E-state index is 0.450. The molecule has 0 saturated heterocycles. The third-order valence-electron chi connectivity index (χ3n) is 6.33. The summed E-state index contributed by atoms with van der Waals surface area (Å²) >= 11 is 0. The number of nitrogens with zero attached hydrogens (tertiary/aromatic N) is 2. The molecule has 3 heteroatoms. The number of aromatic nitrogens is 2. The van der Waals surface area contributed by atoms with Crippen molar-refractivity contribution in [2.24, 2.45) is 23.2 Å². The quantitative estimate of drug-likeness (QED) is 0.911. The molecule has 0 radical (unpaired) electrons. The first-order chi connectivity index (χ1) is 9.74. The monoisotopic (exact) mass is 273 g/mol. The zero-order valence-corrected chi connectivity index (χ0v) is 12.8. The fourth-order valence-corrected chi connectivity index (χ4v) is 6.09. The number of aryl methyl sites for hydroxylation is 1. The standard InChI is InChI=1S/C17H27N3/c1-3-20-5-4-19-16(20)15(18-2)17-9-12-6-13(10-17)8-14(7-12)11-17/h4-5,12-15,18H,3,6-11H2,1-2H3. The maximum absolute atomic E-state index is 4.72. The van der Waals surface area contributed by atoms with Crippen LogP contribution in [0, 0.1) is 23.2 Å². The second-order valence-electron chi connectivity index (χ2n) is 7.57. The highest BCUT2D eigenvalue weighted by Gasteiger charge is 2.54. The Bertz CT molecular complexity index is 455. The van der Waals surface area contributed by atoms with E-state index in [1.807, 2.05) is 6.20 Å². The molecule has 4 fully saturated rings. The largest absolute Gasteiger partial charge is 0.334 e. The first kappa shape index (κ1) is 12.9. The van der Waals surface area contributed by atoms with Crippen LogP contribution in [0.4, 0.5) is 0 Å². The molecule has 1 N–H and O–H groups in total. The van der Waals surface area contributed by atoms with Gasteiger partial charge in [0.15, 0.2) is 0 Å². The second kappa shape index (κ2) is 4.59. The van der Waals surface area contributed by atoms with Crippen molar-refractivity contribution in [3.8, 4) is 0 Å².